The summed E-state index contributed by atoms with van der Waals surface area (Å²) in [7, 11) is 0. The molecule has 0 aliphatic carbocycles. The summed E-state index contributed by atoms with van der Waals surface area (Å²) in [5.74, 6) is -0.285. The van der Waals surface area contributed by atoms with Crippen LogP contribution in [0.3, 0.4) is 0 Å². The number of halogens is 1. The van der Waals surface area contributed by atoms with Crippen molar-refractivity contribution in [2.75, 3.05) is 0 Å². The first-order chi connectivity index (χ1) is 8.37. The van der Waals surface area contributed by atoms with E-state index in [1.54, 1.807) is 10.9 Å². The SMILES string of the molecule is CC(C)(C)OC(=O)Cn1ncc2c(Br)cccc21. The smallest absolute Gasteiger partial charge is 0.328 e. The summed E-state index contributed by atoms with van der Waals surface area (Å²) in [6, 6.07) is 5.79. The van der Waals surface area contributed by atoms with Gasteiger partial charge >= 0.3 is 5.97 Å². The zero-order valence-corrected chi connectivity index (χ0v) is 12.2. The number of carbonyl (C=O) groups is 1. The number of rotatable bonds is 2. The van der Waals surface area contributed by atoms with Crippen molar-refractivity contribution in [3.05, 3.63) is 28.9 Å². The van der Waals surface area contributed by atoms with Crippen LogP contribution in [0.2, 0.25) is 0 Å². The van der Waals surface area contributed by atoms with E-state index < -0.39 is 5.60 Å². The fourth-order valence-corrected chi connectivity index (χ4v) is 2.15. The molecular weight excluding hydrogens is 296 g/mol. The molecule has 18 heavy (non-hydrogen) atoms. The summed E-state index contributed by atoms with van der Waals surface area (Å²) in [5.41, 5.74) is 0.441. The Morgan fingerprint density at radius 3 is 2.83 bits per heavy atom. The number of ether oxygens (including phenoxy) is 1. The molecule has 0 aliphatic heterocycles. The van der Waals surface area contributed by atoms with E-state index in [0.717, 1.165) is 15.4 Å². The number of hydrogen-bond acceptors (Lipinski definition) is 3. The predicted octanol–water partition coefficient (Wildman–Crippen LogP) is 3.14. The summed E-state index contributed by atoms with van der Waals surface area (Å²) in [4.78, 5) is 11.8. The monoisotopic (exact) mass is 310 g/mol. The lowest BCUT2D eigenvalue weighted by atomic mass is 10.2. The number of hydrogen-bond donors (Lipinski definition) is 0. The van der Waals surface area contributed by atoms with Gasteiger partial charge in [-0.1, -0.05) is 22.0 Å². The Morgan fingerprint density at radius 2 is 2.17 bits per heavy atom. The van der Waals surface area contributed by atoms with Crippen molar-refractivity contribution in [1.82, 2.24) is 9.78 Å². The van der Waals surface area contributed by atoms with Gasteiger partial charge in [-0.25, -0.2) is 0 Å². The minimum atomic E-state index is -0.472. The first-order valence-corrected chi connectivity index (χ1v) is 6.48. The molecule has 0 radical (unpaired) electrons. The number of benzene rings is 1. The van der Waals surface area contributed by atoms with Gasteiger partial charge in [0.2, 0.25) is 0 Å². The Bertz CT molecular complexity index is 584. The molecule has 0 fully saturated rings. The minimum Gasteiger partial charge on any atom is -0.459 e. The van der Waals surface area contributed by atoms with Crippen LogP contribution in [-0.4, -0.2) is 21.4 Å². The zero-order chi connectivity index (χ0) is 13.3. The third-order valence-corrected chi connectivity index (χ3v) is 3.02. The second-order valence-corrected chi connectivity index (χ2v) is 5.92. The van der Waals surface area contributed by atoms with E-state index in [-0.39, 0.29) is 12.5 Å². The lowest BCUT2D eigenvalue weighted by Crippen LogP contribution is -2.26. The average Bonchev–Trinajstić information content (AvgIpc) is 2.60. The van der Waals surface area contributed by atoms with Crippen molar-refractivity contribution >= 4 is 32.8 Å². The molecule has 0 amide bonds. The highest BCUT2D eigenvalue weighted by Crippen LogP contribution is 2.23. The quantitative estimate of drug-likeness (QED) is 0.800. The summed E-state index contributed by atoms with van der Waals surface area (Å²) >= 11 is 3.46. The number of carbonyl (C=O) groups excluding carboxylic acids is 1. The van der Waals surface area contributed by atoms with Gasteiger partial charge < -0.3 is 4.74 Å². The molecule has 0 spiro atoms. The fourth-order valence-electron chi connectivity index (χ4n) is 1.69. The molecule has 0 aliphatic rings. The standard InChI is InChI=1S/C13H15BrN2O2/c1-13(2,3)18-12(17)8-16-11-6-4-5-10(14)9(11)7-15-16/h4-7H,8H2,1-3H3. The van der Waals surface area contributed by atoms with Crippen molar-refractivity contribution in [2.45, 2.75) is 32.9 Å². The van der Waals surface area contributed by atoms with Crippen molar-refractivity contribution in [1.29, 1.82) is 0 Å². The highest BCUT2D eigenvalue weighted by atomic mass is 79.9. The highest BCUT2D eigenvalue weighted by Gasteiger charge is 2.17. The lowest BCUT2D eigenvalue weighted by molar-refractivity contribution is -0.155. The van der Waals surface area contributed by atoms with E-state index in [0.29, 0.717) is 0 Å². The van der Waals surface area contributed by atoms with Gasteiger partial charge in [0, 0.05) is 9.86 Å². The molecule has 0 N–H and O–H groups in total. The molecule has 4 nitrogen and oxygen atoms in total. The van der Waals surface area contributed by atoms with Crippen LogP contribution in [0, 0.1) is 0 Å². The molecule has 0 unspecified atom stereocenters. The number of fused-ring (bicyclic) bond motifs is 1. The van der Waals surface area contributed by atoms with E-state index in [2.05, 4.69) is 21.0 Å². The number of aromatic nitrogens is 2. The van der Waals surface area contributed by atoms with Crippen LogP contribution in [0.15, 0.2) is 28.9 Å². The van der Waals surface area contributed by atoms with Crippen LogP contribution >= 0.6 is 15.9 Å². The Kier molecular flexibility index (Phi) is 3.43. The maximum atomic E-state index is 11.8. The van der Waals surface area contributed by atoms with Crippen molar-refractivity contribution in [3.63, 3.8) is 0 Å². The molecule has 1 heterocycles. The van der Waals surface area contributed by atoms with E-state index in [4.69, 9.17) is 4.74 Å². The fraction of sp³-hybridized carbons (Fsp3) is 0.385. The van der Waals surface area contributed by atoms with Gasteiger partial charge in [0.05, 0.1) is 11.7 Å². The van der Waals surface area contributed by atoms with E-state index >= 15 is 0 Å². The summed E-state index contributed by atoms with van der Waals surface area (Å²) in [6.07, 6.45) is 1.74. The van der Waals surface area contributed by atoms with Crippen molar-refractivity contribution in [3.8, 4) is 0 Å². The molecule has 0 atom stereocenters. The van der Waals surface area contributed by atoms with Gasteiger partial charge in [-0.3, -0.25) is 9.48 Å². The molecule has 0 saturated carbocycles. The molecule has 1 aromatic heterocycles. The lowest BCUT2D eigenvalue weighted by Gasteiger charge is -2.19. The topological polar surface area (TPSA) is 44.1 Å². The maximum Gasteiger partial charge on any atom is 0.328 e. The summed E-state index contributed by atoms with van der Waals surface area (Å²) < 4.78 is 7.89. The Labute approximate surface area is 114 Å². The first kappa shape index (κ1) is 13.1. The van der Waals surface area contributed by atoms with Gasteiger partial charge in [-0.05, 0) is 32.9 Å². The van der Waals surface area contributed by atoms with Crippen LogP contribution in [0.4, 0.5) is 0 Å². The second kappa shape index (κ2) is 4.72. The molecule has 2 rings (SSSR count). The van der Waals surface area contributed by atoms with E-state index in [1.807, 2.05) is 39.0 Å². The number of nitrogens with zero attached hydrogens (tertiary/aromatic N) is 2. The second-order valence-electron chi connectivity index (χ2n) is 5.06. The Morgan fingerprint density at radius 1 is 1.44 bits per heavy atom. The summed E-state index contributed by atoms with van der Waals surface area (Å²) in [6.45, 7) is 5.67. The first-order valence-electron chi connectivity index (χ1n) is 5.69. The molecule has 0 bridgehead atoms. The molecular formula is C13H15BrN2O2. The van der Waals surface area contributed by atoms with Gasteiger partial charge in [0.25, 0.3) is 0 Å². The summed E-state index contributed by atoms with van der Waals surface area (Å²) in [5, 5.41) is 5.20. The van der Waals surface area contributed by atoms with Crippen LogP contribution in [-0.2, 0) is 16.1 Å². The zero-order valence-electron chi connectivity index (χ0n) is 10.6. The third kappa shape index (κ3) is 2.90. The highest BCUT2D eigenvalue weighted by molar-refractivity contribution is 9.10. The molecule has 2 aromatic rings. The predicted molar refractivity (Wildman–Crippen MR) is 73.3 cm³/mol. The average molecular weight is 311 g/mol. The van der Waals surface area contributed by atoms with Gasteiger partial charge in [0.15, 0.2) is 0 Å². The van der Waals surface area contributed by atoms with Crippen molar-refractivity contribution in [2.24, 2.45) is 0 Å². The minimum absolute atomic E-state index is 0.122. The van der Waals surface area contributed by atoms with E-state index in [9.17, 15) is 4.79 Å². The largest absolute Gasteiger partial charge is 0.459 e. The maximum absolute atomic E-state index is 11.8. The molecule has 0 saturated heterocycles. The van der Waals surface area contributed by atoms with Crippen LogP contribution in [0.5, 0.6) is 0 Å². The van der Waals surface area contributed by atoms with Crippen LogP contribution < -0.4 is 0 Å². The van der Waals surface area contributed by atoms with Crippen LogP contribution in [0.1, 0.15) is 20.8 Å². The van der Waals surface area contributed by atoms with Gasteiger partial charge in [0.1, 0.15) is 12.1 Å². The van der Waals surface area contributed by atoms with Crippen LogP contribution in [0.25, 0.3) is 10.9 Å². The molecule has 96 valence electrons. The third-order valence-electron chi connectivity index (χ3n) is 2.33. The normalized spacial score (nSPS) is 11.8. The van der Waals surface area contributed by atoms with Crippen molar-refractivity contribution < 1.29 is 9.53 Å². The molecule has 1 aromatic carbocycles. The van der Waals surface area contributed by atoms with E-state index in [1.165, 1.54) is 0 Å². The Balaban J connectivity index is 2.23. The van der Waals surface area contributed by atoms with Gasteiger partial charge in [-0.15, -0.1) is 0 Å². The van der Waals surface area contributed by atoms with Gasteiger partial charge in [-0.2, -0.15) is 5.10 Å². The number of esters is 1. The Hall–Kier alpha value is -1.36. The molecule has 5 heteroatoms.